The molecule has 10 heavy (non-hydrogen) atoms. The number of nitrogens with zero attached hydrogens (tertiary/aromatic N) is 2. The van der Waals surface area contributed by atoms with Crippen LogP contribution in [-0.4, -0.2) is 28.0 Å². The van der Waals surface area contributed by atoms with Gasteiger partial charge in [-0.1, -0.05) is 0 Å². The lowest BCUT2D eigenvalue weighted by molar-refractivity contribution is 0.0697. The molecule has 1 aromatic rings. The van der Waals surface area contributed by atoms with Crippen LogP contribution in [0.5, 0.6) is 0 Å². The number of hydrogen-bond donors (Lipinski definition) is 2. The van der Waals surface area contributed by atoms with Gasteiger partial charge in [0.25, 0.3) is 0 Å². The fraction of sp³-hybridized carbons (Fsp3) is 0.200. The van der Waals surface area contributed by atoms with Gasteiger partial charge in [0.2, 0.25) is 0 Å². The molecule has 0 aliphatic carbocycles. The van der Waals surface area contributed by atoms with E-state index in [1.807, 2.05) is 0 Å². The third-order valence-corrected chi connectivity index (χ3v) is 1.06. The van der Waals surface area contributed by atoms with Gasteiger partial charge >= 0.3 is 5.97 Å². The molecule has 0 aliphatic heterocycles. The summed E-state index contributed by atoms with van der Waals surface area (Å²) in [4.78, 5) is 11.6. The molecular weight excluding hydrogens is 134 g/mol. The van der Waals surface area contributed by atoms with E-state index in [-0.39, 0.29) is 5.56 Å². The van der Waals surface area contributed by atoms with E-state index in [0.29, 0.717) is 0 Å². The topological polar surface area (TPSA) is 67.2 Å². The second-order valence-corrected chi connectivity index (χ2v) is 1.70. The van der Waals surface area contributed by atoms with E-state index in [2.05, 4.69) is 10.5 Å². The van der Waals surface area contributed by atoms with Crippen LogP contribution >= 0.6 is 0 Å². The van der Waals surface area contributed by atoms with Crippen molar-refractivity contribution in [3.63, 3.8) is 0 Å². The van der Waals surface area contributed by atoms with Gasteiger partial charge in [0.1, 0.15) is 0 Å². The minimum Gasteiger partial charge on any atom is -0.478 e. The Balaban J connectivity index is 2.88. The second kappa shape index (κ2) is 2.38. The fourth-order valence-electron chi connectivity index (χ4n) is 0.556. The second-order valence-electron chi connectivity index (χ2n) is 1.70. The Morgan fingerprint density at radius 2 is 2.60 bits per heavy atom. The first-order valence-corrected chi connectivity index (χ1v) is 2.70. The number of aromatic nitrogens is 2. The molecule has 0 aliphatic rings. The van der Waals surface area contributed by atoms with Crippen LogP contribution in [0.15, 0.2) is 12.4 Å². The van der Waals surface area contributed by atoms with Crippen LogP contribution in [0.1, 0.15) is 10.4 Å². The highest BCUT2D eigenvalue weighted by Crippen LogP contribution is 1.93. The molecule has 0 saturated heterocycles. The van der Waals surface area contributed by atoms with E-state index in [1.54, 1.807) is 7.05 Å². The van der Waals surface area contributed by atoms with Gasteiger partial charge in [-0.25, -0.2) is 4.79 Å². The normalized spacial score (nSPS) is 9.30. The molecule has 0 unspecified atom stereocenters. The number of nitrogens with one attached hydrogen (secondary N) is 1. The van der Waals surface area contributed by atoms with E-state index in [0.717, 1.165) is 0 Å². The highest BCUT2D eigenvalue weighted by atomic mass is 16.4. The maximum Gasteiger partial charge on any atom is 0.338 e. The summed E-state index contributed by atoms with van der Waals surface area (Å²) in [5, 5.41) is 12.1. The Hall–Kier alpha value is -1.52. The van der Waals surface area contributed by atoms with Crippen LogP contribution in [0.25, 0.3) is 0 Å². The van der Waals surface area contributed by atoms with Crippen molar-refractivity contribution in [2.24, 2.45) is 0 Å². The Morgan fingerprint density at radius 1 is 1.90 bits per heavy atom. The molecule has 54 valence electrons. The smallest absolute Gasteiger partial charge is 0.338 e. The summed E-state index contributed by atoms with van der Waals surface area (Å²) in [6, 6.07) is 0. The predicted molar refractivity (Wildman–Crippen MR) is 34.5 cm³/mol. The summed E-state index contributed by atoms with van der Waals surface area (Å²) in [6.07, 6.45) is 2.67. The molecule has 0 spiro atoms. The fourth-order valence-corrected chi connectivity index (χ4v) is 0.556. The van der Waals surface area contributed by atoms with Gasteiger partial charge < -0.3 is 10.5 Å². The highest BCUT2D eigenvalue weighted by Gasteiger charge is 2.03. The molecule has 2 N–H and O–H groups in total. The summed E-state index contributed by atoms with van der Waals surface area (Å²) in [6.45, 7) is 0. The third kappa shape index (κ3) is 1.07. The van der Waals surface area contributed by atoms with E-state index in [4.69, 9.17) is 5.11 Å². The Labute approximate surface area is 57.2 Å². The maximum absolute atomic E-state index is 10.2. The molecule has 0 bridgehead atoms. The first-order chi connectivity index (χ1) is 4.74. The number of carboxylic acids is 1. The van der Waals surface area contributed by atoms with Crippen molar-refractivity contribution in [3.05, 3.63) is 18.0 Å². The van der Waals surface area contributed by atoms with Crippen molar-refractivity contribution < 1.29 is 9.90 Å². The number of rotatable bonds is 2. The van der Waals surface area contributed by atoms with Crippen molar-refractivity contribution in [1.29, 1.82) is 0 Å². The zero-order valence-corrected chi connectivity index (χ0v) is 5.40. The Morgan fingerprint density at radius 3 is 2.90 bits per heavy atom. The standard InChI is InChI=1S/C5H7N3O2/c1-6-8-3-4(2-7-8)5(9)10/h2-3,6H,1H3,(H,9,10). The molecule has 0 atom stereocenters. The summed E-state index contributed by atoms with van der Waals surface area (Å²) in [5.74, 6) is -0.971. The zero-order chi connectivity index (χ0) is 7.56. The van der Waals surface area contributed by atoms with Crippen LogP contribution in [0.3, 0.4) is 0 Å². The lowest BCUT2D eigenvalue weighted by atomic mass is 10.4. The number of aromatic carboxylic acids is 1. The molecular formula is C5H7N3O2. The first kappa shape index (κ1) is 6.60. The predicted octanol–water partition coefficient (Wildman–Crippen LogP) is -0.245. The molecule has 0 radical (unpaired) electrons. The molecule has 5 heteroatoms. The molecule has 1 heterocycles. The van der Waals surface area contributed by atoms with Crippen molar-refractivity contribution in [1.82, 2.24) is 9.89 Å². The summed E-state index contributed by atoms with van der Waals surface area (Å²) in [7, 11) is 1.65. The van der Waals surface area contributed by atoms with Crippen LogP contribution in [0.4, 0.5) is 0 Å². The lowest BCUT2D eigenvalue weighted by Gasteiger charge is -1.93. The largest absolute Gasteiger partial charge is 0.478 e. The van der Waals surface area contributed by atoms with Crippen molar-refractivity contribution >= 4 is 5.97 Å². The van der Waals surface area contributed by atoms with Gasteiger partial charge in [-0.15, -0.1) is 0 Å². The molecule has 0 amide bonds. The summed E-state index contributed by atoms with van der Waals surface area (Å²) >= 11 is 0. The van der Waals surface area contributed by atoms with E-state index in [9.17, 15) is 4.79 Å². The Bertz CT molecular complexity index is 243. The first-order valence-electron chi connectivity index (χ1n) is 2.70. The minimum atomic E-state index is -0.971. The molecule has 0 aromatic carbocycles. The van der Waals surface area contributed by atoms with Crippen LogP contribution in [0, 0.1) is 0 Å². The van der Waals surface area contributed by atoms with Gasteiger partial charge in [-0.2, -0.15) is 9.89 Å². The van der Waals surface area contributed by atoms with Gasteiger partial charge in [0.05, 0.1) is 18.0 Å². The third-order valence-electron chi connectivity index (χ3n) is 1.06. The van der Waals surface area contributed by atoms with Crippen molar-refractivity contribution in [2.75, 3.05) is 12.5 Å². The van der Waals surface area contributed by atoms with E-state index >= 15 is 0 Å². The average molecular weight is 141 g/mol. The zero-order valence-electron chi connectivity index (χ0n) is 5.40. The molecule has 1 aromatic heterocycles. The monoisotopic (exact) mass is 141 g/mol. The van der Waals surface area contributed by atoms with E-state index < -0.39 is 5.97 Å². The van der Waals surface area contributed by atoms with Gasteiger partial charge in [-0.3, -0.25) is 0 Å². The van der Waals surface area contributed by atoms with Gasteiger partial charge in [0.15, 0.2) is 0 Å². The number of carbonyl (C=O) groups is 1. The highest BCUT2D eigenvalue weighted by molar-refractivity contribution is 5.86. The number of hydrogen-bond acceptors (Lipinski definition) is 3. The number of carboxylic acid groups (broad SMARTS) is 1. The molecule has 0 fully saturated rings. The van der Waals surface area contributed by atoms with Gasteiger partial charge in [0, 0.05) is 7.05 Å². The van der Waals surface area contributed by atoms with Crippen LogP contribution in [0.2, 0.25) is 0 Å². The van der Waals surface area contributed by atoms with E-state index in [1.165, 1.54) is 17.2 Å². The summed E-state index contributed by atoms with van der Waals surface area (Å²) < 4.78 is 0. The molecule has 5 nitrogen and oxygen atoms in total. The summed E-state index contributed by atoms with van der Waals surface area (Å²) in [5.41, 5.74) is 2.82. The Kier molecular flexibility index (Phi) is 1.57. The SMILES string of the molecule is CNn1cc(C(=O)O)cn1. The van der Waals surface area contributed by atoms with Gasteiger partial charge in [-0.05, 0) is 0 Å². The molecule has 1 rings (SSSR count). The van der Waals surface area contributed by atoms with Crippen molar-refractivity contribution in [2.45, 2.75) is 0 Å². The quantitative estimate of drug-likeness (QED) is 0.596. The van der Waals surface area contributed by atoms with Crippen molar-refractivity contribution in [3.8, 4) is 0 Å². The lowest BCUT2D eigenvalue weighted by Crippen LogP contribution is -2.08. The van der Waals surface area contributed by atoms with Crippen LogP contribution in [-0.2, 0) is 0 Å². The maximum atomic E-state index is 10.2. The molecule has 0 saturated carbocycles. The van der Waals surface area contributed by atoms with Crippen LogP contribution < -0.4 is 5.43 Å². The minimum absolute atomic E-state index is 0.175. The average Bonchev–Trinajstić information content (AvgIpc) is 2.34.